The Bertz CT molecular complexity index is 243. The second-order valence-corrected chi connectivity index (χ2v) is 6.01. The SMILES string of the molecule is NC(CC(N)C1CCCCC1)C1CC=CCC1. The van der Waals surface area contributed by atoms with Crippen molar-refractivity contribution >= 4 is 0 Å². The molecule has 2 aliphatic rings. The lowest BCUT2D eigenvalue weighted by Crippen LogP contribution is -2.41. The van der Waals surface area contributed by atoms with Crippen molar-refractivity contribution in [3.8, 4) is 0 Å². The minimum Gasteiger partial charge on any atom is -0.327 e. The Labute approximate surface area is 106 Å². The van der Waals surface area contributed by atoms with Crippen molar-refractivity contribution in [2.24, 2.45) is 23.3 Å². The molecule has 0 aliphatic heterocycles. The van der Waals surface area contributed by atoms with Gasteiger partial charge in [-0.1, -0.05) is 31.4 Å². The summed E-state index contributed by atoms with van der Waals surface area (Å²) in [5.41, 5.74) is 12.7. The van der Waals surface area contributed by atoms with E-state index in [-0.39, 0.29) is 0 Å². The van der Waals surface area contributed by atoms with Gasteiger partial charge in [-0.25, -0.2) is 0 Å². The van der Waals surface area contributed by atoms with Crippen molar-refractivity contribution in [2.75, 3.05) is 0 Å². The second kappa shape index (κ2) is 6.55. The standard InChI is InChI=1S/C15H28N2/c16-14(12-7-3-1-4-8-12)11-15(17)13-9-5-2-6-10-13/h1,3,12-15H,2,4-11,16-17H2. The van der Waals surface area contributed by atoms with Crippen molar-refractivity contribution < 1.29 is 0 Å². The van der Waals surface area contributed by atoms with Crippen molar-refractivity contribution in [3.63, 3.8) is 0 Å². The molecule has 0 spiro atoms. The first-order valence-corrected chi connectivity index (χ1v) is 7.43. The van der Waals surface area contributed by atoms with Gasteiger partial charge in [0.15, 0.2) is 0 Å². The van der Waals surface area contributed by atoms with Crippen LogP contribution in [-0.2, 0) is 0 Å². The van der Waals surface area contributed by atoms with Gasteiger partial charge in [0.1, 0.15) is 0 Å². The summed E-state index contributed by atoms with van der Waals surface area (Å²) < 4.78 is 0. The quantitative estimate of drug-likeness (QED) is 0.737. The summed E-state index contributed by atoms with van der Waals surface area (Å²) in [5.74, 6) is 1.42. The molecule has 0 saturated heterocycles. The van der Waals surface area contributed by atoms with Gasteiger partial charge < -0.3 is 11.5 Å². The van der Waals surface area contributed by atoms with Crippen LogP contribution < -0.4 is 11.5 Å². The van der Waals surface area contributed by atoms with Crippen LogP contribution in [0.5, 0.6) is 0 Å². The summed E-state index contributed by atoms with van der Waals surface area (Å²) in [6.07, 6.45) is 16.1. The zero-order valence-electron chi connectivity index (χ0n) is 11.0. The summed E-state index contributed by atoms with van der Waals surface area (Å²) in [5, 5.41) is 0. The molecule has 2 heteroatoms. The Kier molecular flexibility index (Phi) is 5.05. The molecule has 98 valence electrons. The molecular formula is C15H28N2. The predicted octanol–water partition coefficient (Wildman–Crippen LogP) is 2.97. The molecule has 2 nitrogen and oxygen atoms in total. The maximum Gasteiger partial charge on any atom is 0.00850 e. The minimum absolute atomic E-state index is 0.317. The van der Waals surface area contributed by atoms with E-state index in [1.807, 2.05) is 0 Å². The summed E-state index contributed by atoms with van der Waals surface area (Å²) in [4.78, 5) is 0. The Hall–Kier alpha value is -0.340. The van der Waals surface area contributed by atoms with Crippen LogP contribution in [0.1, 0.15) is 57.8 Å². The molecule has 0 heterocycles. The first-order valence-electron chi connectivity index (χ1n) is 7.43. The molecule has 0 aromatic rings. The Morgan fingerprint density at radius 3 is 2.24 bits per heavy atom. The normalized spacial score (nSPS) is 30.1. The topological polar surface area (TPSA) is 52.0 Å². The largest absolute Gasteiger partial charge is 0.327 e. The number of nitrogens with two attached hydrogens (primary N) is 2. The van der Waals surface area contributed by atoms with E-state index >= 15 is 0 Å². The van der Waals surface area contributed by atoms with Gasteiger partial charge in [0.05, 0.1) is 0 Å². The summed E-state index contributed by atoms with van der Waals surface area (Å²) in [6, 6.07) is 0.660. The van der Waals surface area contributed by atoms with Gasteiger partial charge in [0.2, 0.25) is 0 Å². The van der Waals surface area contributed by atoms with Gasteiger partial charge >= 0.3 is 0 Å². The lowest BCUT2D eigenvalue weighted by Gasteiger charge is -2.32. The third-order valence-corrected chi connectivity index (χ3v) is 4.71. The van der Waals surface area contributed by atoms with Gasteiger partial charge in [0.25, 0.3) is 0 Å². The van der Waals surface area contributed by atoms with Crippen LogP contribution in [0.25, 0.3) is 0 Å². The van der Waals surface area contributed by atoms with E-state index in [2.05, 4.69) is 12.2 Å². The van der Waals surface area contributed by atoms with E-state index in [1.165, 1.54) is 51.4 Å². The molecule has 1 fully saturated rings. The molecule has 1 saturated carbocycles. The molecule has 4 N–H and O–H groups in total. The molecule has 0 radical (unpaired) electrons. The average molecular weight is 236 g/mol. The Morgan fingerprint density at radius 2 is 1.59 bits per heavy atom. The highest BCUT2D eigenvalue weighted by Gasteiger charge is 2.25. The predicted molar refractivity (Wildman–Crippen MR) is 73.6 cm³/mol. The van der Waals surface area contributed by atoms with Crippen LogP contribution in [0, 0.1) is 11.8 Å². The fourth-order valence-electron chi connectivity index (χ4n) is 3.47. The van der Waals surface area contributed by atoms with Crippen LogP contribution in [0.3, 0.4) is 0 Å². The molecular weight excluding hydrogens is 208 g/mol. The Balaban J connectivity index is 1.76. The second-order valence-electron chi connectivity index (χ2n) is 6.01. The summed E-state index contributed by atoms with van der Waals surface area (Å²) >= 11 is 0. The van der Waals surface area contributed by atoms with Gasteiger partial charge in [-0.3, -0.25) is 0 Å². The first-order chi connectivity index (χ1) is 8.27. The van der Waals surface area contributed by atoms with Gasteiger partial charge in [-0.2, -0.15) is 0 Å². The number of hydrogen-bond donors (Lipinski definition) is 2. The van der Waals surface area contributed by atoms with Crippen LogP contribution in [-0.4, -0.2) is 12.1 Å². The molecule has 2 aliphatic carbocycles. The molecule has 0 aromatic carbocycles. The van der Waals surface area contributed by atoms with Gasteiger partial charge in [-0.05, 0) is 50.4 Å². The molecule has 3 atom stereocenters. The smallest absolute Gasteiger partial charge is 0.00850 e. The number of allylic oxidation sites excluding steroid dienone is 2. The van der Waals surface area contributed by atoms with Gasteiger partial charge in [0, 0.05) is 12.1 Å². The molecule has 3 unspecified atom stereocenters. The highest BCUT2D eigenvalue weighted by Crippen LogP contribution is 2.29. The van der Waals surface area contributed by atoms with Crippen molar-refractivity contribution in [3.05, 3.63) is 12.2 Å². The van der Waals surface area contributed by atoms with E-state index < -0.39 is 0 Å². The molecule has 0 amide bonds. The lowest BCUT2D eigenvalue weighted by molar-refractivity contribution is 0.260. The highest BCUT2D eigenvalue weighted by atomic mass is 14.7. The summed E-state index contributed by atoms with van der Waals surface area (Å²) in [6.45, 7) is 0. The van der Waals surface area contributed by atoms with E-state index in [0.29, 0.717) is 18.0 Å². The molecule has 0 bridgehead atoms. The fourth-order valence-corrected chi connectivity index (χ4v) is 3.47. The van der Waals surface area contributed by atoms with Crippen LogP contribution >= 0.6 is 0 Å². The number of hydrogen-bond acceptors (Lipinski definition) is 2. The number of rotatable bonds is 4. The van der Waals surface area contributed by atoms with Crippen LogP contribution in [0.4, 0.5) is 0 Å². The van der Waals surface area contributed by atoms with Crippen molar-refractivity contribution in [2.45, 2.75) is 69.9 Å². The van der Waals surface area contributed by atoms with Crippen molar-refractivity contribution in [1.82, 2.24) is 0 Å². The maximum atomic E-state index is 6.36. The third-order valence-electron chi connectivity index (χ3n) is 4.71. The molecule has 2 rings (SSSR count). The van der Waals surface area contributed by atoms with Crippen molar-refractivity contribution in [1.29, 1.82) is 0 Å². The highest BCUT2D eigenvalue weighted by molar-refractivity contribution is 4.94. The zero-order valence-corrected chi connectivity index (χ0v) is 11.0. The maximum absolute atomic E-state index is 6.36. The minimum atomic E-state index is 0.317. The first kappa shape index (κ1) is 13.1. The van der Waals surface area contributed by atoms with E-state index in [1.54, 1.807) is 0 Å². The lowest BCUT2D eigenvalue weighted by atomic mass is 9.78. The van der Waals surface area contributed by atoms with Gasteiger partial charge in [-0.15, -0.1) is 0 Å². The van der Waals surface area contributed by atoms with E-state index in [4.69, 9.17) is 11.5 Å². The average Bonchev–Trinajstić information content (AvgIpc) is 2.40. The van der Waals surface area contributed by atoms with Crippen LogP contribution in [0.2, 0.25) is 0 Å². The molecule has 17 heavy (non-hydrogen) atoms. The van der Waals surface area contributed by atoms with E-state index in [0.717, 1.165) is 12.3 Å². The monoisotopic (exact) mass is 236 g/mol. The van der Waals surface area contributed by atoms with E-state index in [9.17, 15) is 0 Å². The zero-order chi connectivity index (χ0) is 12.1. The Morgan fingerprint density at radius 1 is 0.882 bits per heavy atom. The van der Waals surface area contributed by atoms with Crippen LogP contribution in [0.15, 0.2) is 12.2 Å². The fraction of sp³-hybridized carbons (Fsp3) is 0.867. The summed E-state index contributed by atoms with van der Waals surface area (Å²) in [7, 11) is 0. The molecule has 0 aromatic heterocycles. The third kappa shape index (κ3) is 3.82.